The van der Waals surface area contributed by atoms with Gasteiger partial charge in [0.2, 0.25) is 0 Å². The third-order valence-electron chi connectivity index (χ3n) is 3.63. The number of aliphatic hydroxyl groups is 1. The number of rotatable bonds is 5. The molecule has 0 aliphatic heterocycles. The normalized spacial score (nSPS) is 11.8. The molecule has 2 aromatic carbocycles. The van der Waals surface area contributed by atoms with E-state index < -0.39 is 17.9 Å². The van der Waals surface area contributed by atoms with E-state index in [0.29, 0.717) is 5.69 Å². The molecule has 1 atom stereocenters. The summed E-state index contributed by atoms with van der Waals surface area (Å²) in [6.07, 6.45) is 2.93. The van der Waals surface area contributed by atoms with E-state index in [9.17, 15) is 14.3 Å². The zero-order valence-corrected chi connectivity index (χ0v) is 13.3. The minimum atomic E-state index is -0.525. The van der Waals surface area contributed by atoms with Gasteiger partial charge in [0.05, 0.1) is 30.7 Å². The molecule has 128 valence electrons. The van der Waals surface area contributed by atoms with Gasteiger partial charge in [0.25, 0.3) is 0 Å². The quantitative estimate of drug-likeness (QED) is 0.668. The van der Waals surface area contributed by atoms with Gasteiger partial charge < -0.3 is 15.7 Å². The van der Waals surface area contributed by atoms with Gasteiger partial charge in [-0.05, 0) is 17.7 Å². The molecule has 0 fully saturated rings. The smallest absolute Gasteiger partial charge is 0.319 e. The predicted octanol–water partition coefficient (Wildman–Crippen LogP) is 2.87. The van der Waals surface area contributed by atoms with Gasteiger partial charge in [0, 0.05) is 0 Å². The summed E-state index contributed by atoms with van der Waals surface area (Å²) in [5, 5.41) is 18.8. The van der Waals surface area contributed by atoms with Gasteiger partial charge in [-0.3, -0.25) is 0 Å². The van der Waals surface area contributed by atoms with Gasteiger partial charge in [-0.1, -0.05) is 42.5 Å². The van der Waals surface area contributed by atoms with E-state index >= 15 is 0 Å². The van der Waals surface area contributed by atoms with Gasteiger partial charge in [0.15, 0.2) is 0 Å². The number of nitrogens with one attached hydrogen (secondary N) is 2. The molecular weight excluding hydrogens is 323 g/mol. The molecule has 1 aromatic heterocycles. The van der Waals surface area contributed by atoms with Crippen LogP contribution in [-0.4, -0.2) is 27.5 Å². The van der Waals surface area contributed by atoms with Crippen molar-refractivity contribution >= 4 is 11.7 Å². The zero-order valence-electron chi connectivity index (χ0n) is 13.3. The van der Waals surface area contributed by atoms with Crippen LogP contribution in [0.5, 0.6) is 0 Å². The van der Waals surface area contributed by atoms with Crippen molar-refractivity contribution in [3.05, 3.63) is 78.4 Å². The number of hydrogen-bond acceptors (Lipinski definition) is 3. The first kappa shape index (κ1) is 16.7. The first-order valence-electron chi connectivity index (χ1n) is 7.70. The fourth-order valence-electron chi connectivity index (χ4n) is 2.40. The number of benzene rings is 2. The number of anilines is 1. The van der Waals surface area contributed by atoms with Crippen LogP contribution < -0.4 is 10.6 Å². The molecule has 6 nitrogen and oxygen atoms in total. The minimum absolute atomic E-state index is 0.230. The lowest BCUT2D eigenvalue weighted by Crippen LogP contribution is -2.34. The summed E-state index contributed by atoms with van der Waals surface area (Å²) in [6, 6.07) is 14.3. The molecule has 0 bridgehead atoms. The molecule has 0 saturated heterocycles. The molecule has 0 aliphatic carbocycles. The summed E-state index contributed by atoms with van der Waals surface area (Å²) in [5.41, 5.74) is 1.49. The molecule has 0 unspecified atom stereocenters. The van der Waals surface area contributed by atoms with Crippen molar-refractivity contribution in [2.75, 3.05) is 11.9 Å². The maximum Gasteiger partial charge on any atom is 0.319 e. The molecule has 0 aliphatic rings. The highest BCUT2D eigenvalue weighted by Gasteiger charge is 2.14. The van der Waals surface area contributed by atoms with Crippen LogP contribution in [0.1, 0.15) is 11.6 Å². The summed E-state index contributed by atoms with van der Waals surface area (Å²) in [6.45, 7) is -0.230. The molecule has 3 N–H and O–H groups in total. The number of urea groups is 1. The van der Waals surface area contributed by atoms with Crippen molar-refractivity contribution in [1.29, 1.82) is 0 Å². The Bertz CT molecular complexity index is 851. The molecule has 0 radical (unpaired) electrons. The van der Waals surface area contributed by atoms with Gasteiger partial charge in [-0.15, -0.1) is 0 Å². The second kappa shape index (κ2) is 7.59. The summed E-state index contributed by atoms with van der Waals surface area (Å²) in [4.78, 5) is 12.1. The Morgan fingerprint density at radius 2 is 1.88 bits per heavy atom. The van der Waals surface area contributed by atoms with Crippen LogP contribution in [0.3, 0.4) is 0 Å². The van der Waals surface area contributed by atoms with Crippen LogP contribution in [0, 0.1) is 5.82 Å². The largest absolute Gasteiger partial charge is 0.394 e. The van der Waals surface area contributed by atoms with Crippen molar-refractivity contribution in [3.8, 4) is 5.69 Å². The van der Waals surface area contributed by atoms with E-state index in [1.807, 2.05) is 30.3 Å². The van der Waals surface area contributed by atoms with Crippen molar-refractivity contribution in [2.24, 2.45) is 0 Å². The highest BCUT2D eigenvalue weighted by molar-refractivity contribution is 5.89. The number of nitrogens with zero attached hydrogens (tertiary/aromatic N) is 2. The fourth-order valence-corrected chi connectivity index (χ4v) is 2.40. The molecular formula is C18H17FN4O2. The van der Waals surface area contributed by atoms with E-state index in [4.69, 9.17) is 0 Å². The maximum atomic E-state index is 13.8. The number of hydrogen-bond donors (Lipinski definition) is 3. The van der Waals surface area contributed by atoms with Crippen LogP contribution in [0.15, 0.2) is 67.0 Å². The second-order valence-electron chi connectivity index (χ2n) is 5.37. The third-order valence-corrected chi connectivity index (χ3v) is 3.63. The molecule has 3 rings (SSSR count). The number of para-hydroxylation sites is 1. The topological polar surface area (TPSA) is 79.2 Å². The first-order chi connectivity index (χ1) is 12.2. The Morgan fingerprint density at radius 3 is 2.60 bits per heavy atom. The van der Waals surface area contributed by atoms with E-state index in [-0.39, 0.29) is 12.3 Å². The summed E-state index contributed by atoms with van der Waals surface area (Å²) < 4.78 is 15.1. The maximum absolute atomic E-state index is 13.8. The van der Waals surface area contributed by atoms with Crippen LogP contribution >= 0.6 is 0 Å². The Morgan fingerprint density at radius 1 is 1.16 bits per heavy atom. The predicted molar refractivity (Wildman–Crippen MR) is 91.9 cm³/mol. The fraction of sp³-hybridized carbons (Fsp3) is 0.111. The van der Waals surface area contributed by atoms with E-state index in [1.54, 1.807) is 18.2 Å². The highest BCUT2D eigenvalue weighted by Crippen LogP contribution is 2.16. The molecule has 2 amide bonds. The van der Waals surface area contributed by atoms with Gasteiger partial charge in [0.1, 0.15) is 11.5 Å². The number of amides is 2. The van der Waals surface area contributed by atoms with E-state index in [2.05, 4.69) is 15.7 Å². The van der Waals surface area contributed by atoms with Gasteiger partial charge >= 0.3 is 6.03 Å². The van der Waals surface area contributed by atoms with Gasteiger partial charge in [-0.2, -0.15) is 5.10 Å². The summed E-state index contributed by atoms with van der Waals surface area (Å²) in [5.74, 6) is -0.411. The molecule has 0 spiro atoms. The highest BCUT2D eigenvalue weighted by atomic mass is 19.1. The van der Waals surface area contributed by atoms with Crippen LogP contribution in [0.2, 0.25) is 0 Å². The van der Waals surface area contributed by atoms with Crippen molar-refractivity contribution < 1.29 is 14.3 Å². The second-order valence-corrected chi connectivity index (χ2v) is 5.37. The lowest BCUT2D eigenvalue weighted by molar-refractivity contribution is 0.225. The molecule has 25 heavy (non-hydrogen) atoms. The van der Waals surface area contributed by atoms with Crippen molar-refractivity contribution in [3.63, 3.8) is 0 Å². The Labute approximate surface area is 143 Å². The standard InChI is InChI=1S/C18H17FN4O2/c19-15-8-4-5-9-17(15)23-11-14(10-20-23)21-18(25)22-16(12-24)13-6-2-1-3-7-13/h1-11,16,24H,12H2,(H2,21,22,25)/t16-/m1/s1. The molecule has 7 heteroatoms. The van der Waals surface area contributed by atoms with Crippen LogP contribution in [-0.2, 0) is 0 Å². The van der Waals surface area contributed by atoms with Crippen LogP contribution in [0.4, 0.5) is 14.9 Å². The monoisotopic (exact) mass is 340 g/mol. The van der Waals surface area contributed by atoms with Crippen LogP contribution in [0.25, 0.3) is 5.69 Å². The average molecular weight is 340 g/mol. The molecule has 0 saturated carbocycles. The number of halogens is 1. The number of aliphatic hydroxyl groups excluding tert-OH is 1. The summed E-state index contributed by atoms with van der Waals surface area (Å²) >= 11 is 0. The third kappa shape index (κ3) is 4.02. The molecule has 1 heterocycles. The average Bonchev–Trinajstić information content (AvgIpc) is 3.09. The SMILES string of the molecule is O=C(Nc1cnn(-c2ccccc2F)c1)N[C@H](CO)c1ccccc1. The Hall–Kier alpha value is -3.19. The summed E-state index contributed by atoms with van der Waals surface area (Å²) in [7, 11) is 0. The zero-order chi connectivity index (χ0) is 17.6. The van der Waals surface area contributed by atoms with Gasteiger partial charge in [-0.25, -0.2) is 13.9 Å². The van der Waals surface area contributed by atoms with E-state index in [0.717, 1.165) is 5.56 Å². The van der Waals surface area contributed by atoms with E-state index in [1.165, 1.54) is 23.1 Å². The number of aromatic nitrogens is 2. The number of carbonyl (C=O) groups excluding carboxylic acids is 1. The lowest BCUT2D eigenvalue weighted by atomic mass is 10.1. The van der Waals surface area contributed by atoms with Crippen molar-refractivity contribution in [1.82, 2.24) is 15.1 Å². The Balaban J connectivity index is 1.67. The lowest BCUT2D eigenvalue weighted by Gasteiger charge is -2.16. The number of carbonyl (C=O) groups is 1. The van der Waals surface area contributed by atoms with Crippen molar-refractivity contribution in [2.45, 2.75) is 6.04 Å². The first-order valence-corrected chi connectivity index (χ1v) is 7.70. The molecule has 3 aromatic rings. The minimum Gasteiger partial charge on any atom is -0.394 e. The Kier molecular flexibility index (Phi) is 5.06.